The summed E-state index contributed by atoms with van der Waals surface area (Å²) in [4.78, 5) is 3.51. The SMILES string of the molecule is Cc1cc(Nc2ncccc2S(N)(=O)=O)cc(C(F)(F)F)c1. The average molecular weight is 331 g/mol. The normalized spacial score (nSPS) is 12.2. The Morgan fingerprint density at radius 1 is 1.23 bits per heavy atom. The van der Waals surface area contributed by atoms with Crippen molar-refractivity contribution in [2.75, 3.05) is 5.32 Å². The second-order valence-corrected chi connectivity index (χ2v) is 6.14. The van der Waals surface area contributed by atoms with Crippen molar-refractivity contribution < 1.29 is 21.6 Å². The Bertz CT molecular complexity index is 804. The van der Waals surface area contributed by atoms with E-state index in [1.54, 1.807) is 0 Å². The van der Waals surface area contributed by atoms with E-state index < -0.39 is 21.8 Å². The number of benzene rings is 1. The van der Waals surface area contributed by atoms with E-state index in [0.717, 1.165) is 12.1 Å². The fourth-order valence-corrected chi connectivity index (χ4v) is 2.51. The Labute approximate surface area is 125 Å². The van der Waals surface area contributed by atoms with Gasteiger partial charge in [-0.15, -0.1) is 0 Å². The van der Waals surface area contributed by atoms with Gasteiger partial charge in [0.2, 0.25) is 10.0 Å². The summed E-state index contributed by atoms with van der Waals surface area (Å²) in [5, 5.41) is 7.61. The van der Waals surface area contributed by atoms with E-state index >= 15 is 0 Å². The van der Waals surface area contributed by atoms with Crippen LogP contribution in [0.4, 0.5) is 24.7 Å². The summed E-state index contributed by atoms with van der Waals surface area (Å²) in [6.07, 6.45) is -3.20. The molecule has 0 aliphatic carbocycles. The molecule has 0 saturated heterocycles. The first-order valence-corrected chi connectivity index (χ1v) is 7.56. The molecule has 0 saturated carbocycles. The van der Waals surface area contributed by atoms with Crippen LogP contribution in [0.25, 0.3) is 0 Å². The number of aryl methyl sites for hydroxylation is 1. The fraction of sp³-hybridized carbons (Fsp3) is 0.154. The third kappa shape index (κ3) is 3.74. The number of anilines is 2. The van der Waals surface area contributed by atoms with E-state index in [-0.39, 0.29) is 16.4 Å². The molecule has 0 radical (unpaired) electrons. The lowest BCUT2D eigenvalue weighted by atomic mass is 10.1. The molecule has 0 atom stereocenters. The minimum atomic E-state index is -4.50. The number of primary sulfonamides is 1. The van der Waals surface area contributed by atoms with Crippen LogP contribution >= 0.6 is 0 Å². The van der Waals surface area contributed by atoms with Gasteiger partial charge in [0.1, 0.15) is 4.90 Å². The van der Waals surface area contributed by atoms with Crippen LogP contribution < -0.4 is 10.5 Å². The van der Waals surface area contributed by atoms with Gasteiger partial charge in [-0.2, -0.15) is 13.2 Å². The van der Waals surface area contributed by atoms with Gasteiger partial charge >= 0.3 is 6.18 Å². The maximum Gasteiger partial charge on any atom is 0.416 e. The van der Waals surface area contributed by atoms with Crippen molar-refractivity contribution in [1.29, 1.82) is 0 Å². The number of nitrogens with one attached hydrogen (secondary N) is 1. The molecule has 1 aromatic carbocycles. The highest BCUT2D eigenvalue weighted by atomic mass is 32.2. The number of nitrogens with zero attached hydrogens (tertiary/aromatic N) is 1. The van der Waals surface area contributed by atoms with Gasteiger partial charge in [0.25, 0.3) is 0 Å². The first-order chi connectivity index (χ1) is 10.1. The lowest BCUT2D eigenvalue weighted by Crippen LogP contribution is -2.15. The highest BCUT2D eigenvalue weighted by Gasteiger charge is 2.31. The first-order valence-electron chi connectivity index (χ1n) is 6.01. The van der Waals surface area contributed by atoms with Gasteiger partial charge in [0.05, 0.1) is 5.56 Å². The quantitative estimate of drug-likeness (QED) is 0.906. The van der Waals surface area contributed by atoms with Crippen LogP contribution in [-0.4, -0.2) is 13.4 Å². The zero-order chi connectivity index (χ0) is 16.5. The van der Waals surface area contributed by atoms with E-state index in [9.17, 15) is 21.6 Å². The van der Waals surface area contributed by atoms with Crippen molar-refractivity contribution in [2.45, 2.75) is 18.0 Å². The minimum Gasteiger partial charge on any atom is -0.339 e. The zero-order valence-corrected chi connectivity index (χ0v) is 12.2. The predicted octanol–water partition coefficient (Wildman–Crippen LogP) is 2.80. The molecular formula is C13H12F3N3O2S. The van der Waals surface area contributed by atoms with E-state index in [0.29, 0.717) is 5.56 Å². The molecule has 0 spiro atoms. The van der Waals surface area contributed by atoms with Crippen LogP contribution in [0.5, 0.6) is 0 Å². The minimum absolute atomic E-state index is 0.0657. The molecule has 118 valence electrons. The Kier molecular flexibility index (Phi) is 4.12. The van der Waals surface area contributed by atoms with E-state index in [4.69, 9.17) is 5.14 Å². The monoisotopic (exact) mass is 331 g/mol. The Balaban J connectivity index is 2.47. The third-order valence-corrected chi connectivity index (χ3v) is 3.69. The molecule has 0 aliphatic heterocycles. The summed E-state index contributed by atoms with van der Waals surface area (Å²) in [6.45, 7) is 1.50. The molecule has 2 aromatic rings. The molecule has 0 fully saturated rings. The first kappa shape index (κ1) is 16.2. The molecular weight excluding hydrogens is 319 g/mol. The second-order valence-electron chi connectivity index (χ2n) is 4.61. The van der Waals surface area contributed by atoms with E-state index in [2.05, 4.69) is 10.3 Å². The van der Waals surface area contributed by atoms with Crippen LogP contribution in [0.3, 0.4) is 0 Å². The van der Waals surface area contributed by atoms with Crippen LogP contribution in [0, 0.1) is 6.92 Å². The molecule has 22 heavy (non-hydrogen) atoms. The van der Waals surface area contributed by atoms with Crippen molar-refractivity contribution in [3.05, 3.63) is 47.7 Å². The smallest absolute Gasteiger partial charge is 0.339 e. The Hall–Kier alpha value is -2.13. The van der Waals surface area contributed by atoms with Gasteiger partial charge in [-0.1, -0.05) is 0 Å². The molecule has 9 heteroatoms. The number of pyridine rings is 1. The van der Waals surface area contributed by atoms with Gasteiger partial charge in [-0.25, -0.2) is 18.5 Å². The predicted molar refractivity (Wildman–Crippen MR) is 75.1 cm³/mol. The van der Waals surface area contributed by atoms with Crippen molar-refractivity contribution in [3.63, 3.8) is 0 Å². The molecule has 1 aromatic heterocycles. The zero-order valence-electron chi connectivity index (χ0n) is 11.3. The maximum atomic E-state index is 12.8. The summed E-state index contributed by atoms with van der Waals surface area (Å²) in [5.41, 5.74) is -0.413. The average Bonchev–Trinajstić information content (AvgIpc) is 2.36. The number of aromatic nitrogens is 1. The highest BCUT2D eigenvalue weighted by molar-refractivity contribution is 7.89. The molecule has 2 rings (SSSR count). The van der Waals surface area contributed by atoms with E-state index in [1.807, 2.05) is 0 Å². The molecule has 0 bridgehead atoms. The van der Waals surface area contributed by atoms with Gasteiger partial charge in [0.15, 0.2) is 5.82 Å². The van der Waals surface area contributed by atoms with Gasteiger partial charge in [-0.3, -0.25) is 0 Å². The molecule has 5 nitrogen and oxygen atoms in total. The molecule has 3 N–H and O–H groups in total. The number of rotatable bonds is 3. The Morgan fingerprint density at radius 2 is 1.91 bits per heavy atom. The Morgan fingerprint density at radius 3 is 2.50 bits per heavy atom. The lowest BCUT2D eigenvalue weighted by molar-refractivity contribution is -0.137. The highest BCUT2D eigenvalue weighted by Crippen LogP contribution is 2.33. The summed E-state index contributed by atoms with van der Waals surface area (Å²) in [5.74, 6) is -0.135. The number of sulfonamides is 1. The summed E-state index contributed by atoms with van der Waals surface area (Å²) >= 11 is 0. The number of hydrogen-bond acceptors (Lipinski definition) is 4. The van der Waals surface area contributed by atoms with E-state index in [1.165, 1.54) is 31.3 Å². The van der Waals surface area contributed by atoms with Crippen molar-refractivity contribution in [2.24, 2.45) is 5.14 Å². The van der Waals surface area contributed by atoms with Crippen LogP contribution in [0.2, 0.25) is 0 Å². The number of nitrogens with two attached hydrogens (primary N) is 1. The topological polar surface area (TPSA) is 85.1 Å². The molecule has 0 aliphatic rings. The fourth-order valence-electron chi connectivity index (χ4n) is 1.87. The van der Waals surface area contributed by atoms with Gasteiger partial charge in [-0.05, 0) is 42.8 Å². The summed E-state index contributed by atoms with van der Waals surface area (Å²) < 4.78 is 61.3. The van der Waals surface area contributed by atoms with Crippen LogP contribution in [0.15, 0.2) is 41.4 Å². The number of hydrogen-bond donors (Lipinski definition) is 2. The number of alkyl halides is 3. The van der Waals surface area contributed by atoms with Crippen molar-refractivity contribution in [3.8, 4) is 0 Å². The number of halogens is 3. The molecule has 0 unspecified atom stereocenters. The molecule has 0 amide bonds. The van der Waals surface area contributed by atoms with Gasteiger partial charge < -0.3 is 5.32 Å². The van der Waals surface area contributed by atoms with Crippen LogP contribution in [0.1, 0.15) is 11.1 Å². The lowest BCUT2D eigenvalue weighted by Gasteiger charge is -2.13. The maximum absolute atomic E-state index is 12.8. The molecule has 1 heterocycles. The van der Waals surface area contributed by atoms with Crippen molar-refractivity contribution >= 4 is 21.5 Å². The largest absolute Gasteiger partial charge is 0.416 e. The standard InChI is InChI=1S/C13H12F3N3O2S/c1-8-5-9(13(14,15)16)7-10(6-8)19-12-11(22(17,20)21)3-2-4-18-12/h2-7H,1H3,(H,18,19)(H2,17,20,21). The van der Waals surface area contributed by atoms with Gasteiger partial charge in [0, 0.05) is 11.9 Å². The van der Waals surface area contributed by atoms with Crippen molar-refractivity contribution in [1.82, 2.24) is 4.98 Å². The summed E-state index contributed by atoms with van der Waals surface area (Å²) in [7, 11) is -4.05. The second kappa shape index (κ2) is 5.58. The summed E-state index contributed by atoms with van der Waals surface area (Å²) in [6, 6.07) is 5.88. The van der Waals surface area contributed by atoms with Crippen LogP contribution in [-0.2, 0) is 16.2 Å². The third-order valence-electron chi connectivity index (χ3n) is 2.74.